The summed E-state index contributed by atoms with van der Waals surface area (Å²) in [6.45, 7) is 1.80. The highest BCUT2D eigenvalue weighted by Gasteiger charge is 2.39. The lowest BCUT2D eigenvalue weighted by atomic mass is 9.86. The highest BCUT2D eigenvalue weighted by Crippen LogP contribution is 2.45. The Morgan fingerprint density at radius 3 is 2.56 bits per heavy atom. The summed E-state index contributed by atoms with van der Waals surface area (Å²) in [7, 11) is 1.79. The molecule has 0 radical (unpaired) electrons. The smallest absolute Gasteiger partial charge is 0.266 e. The summed E-state index contributed by atoms with van der Waals surface area (Å²) in [4.78, 5) is 22.9. The topological polar surface area (TPSA) is 35.9 Å². The van der Waals surface area contributed by atoms with Crippen LogP contribution in [0.3, 0.4) is 0 Å². The van der Waals surface area contributed by atoms with E-state index in [-0.39, 0.29) is 5.91 Å². The molecule has 144 valence electrons. The number of halogens is 2. The molecule has 0 N–H and O–H groups in total. The highest BCUT2D eigenvalue weighted by atomic mass is 35.5. The van der Waals surface area contributed by atoms with Crippen molar-refractivity contribution in [3.63, 3.8) is 0 Å². The number of anilines is 1. The summed E-state index contributed by atoms with van der Waals surface area (Å²) >= 11 is 13.8. The number of thioether (sulfide) groups is 1. The zero-order chi connectivity index (χ0) is 19.0. The molecule has 1 amide bonds. The average molecular weight is 424 g/mol. The first kappa shape index (κ1) is 19.2. The minimum absolute atomic E-state index is 0.00370. The van der Waals surface area contributed by atoms with Crippen LogP contribution < -0.4 is 4.90 Å². The zero-order valence-corrected chi connectivity index (χ0v) is 17.7. The van der Waals surface area contributed by atoms with E-state index in [4.69, 9.17) is 23.2 Å². The van der Waals surface area contributed by atoms with Crippen molar-refractivity contribution in [1.82, 2.24) is 4.90 Å². The van der Waals surface area contributed by atoms with Crippen LogP contribution in [0.15, 0.2) is 33.8 Å². The first-order chi connectivity index (χ1) is 13.0. The number of amidine groups is 1. The van der Waals surface area contributed by atoms with Crippen molar-refractivity contribution in [2.75, 3.05) is 25.0 Å². The van der Waals surface area contributed by atoms with Crippen molar-refractivity contribution in [2.24, 2.45) is 10.9 Å². The second-order valence-electron chi connectivity index (χ2n) is 7.31. The van der Waals surface area contributed by atoms with Crippen molar-refractivity contribution >= 4 is 51.7 Å². The van der Waals surface area contributed by atoms with Crippen LogP contribution in [0, 0.1) is 5.92 Å². The molecule has 0 aromatic heterocycles. The predicted molar refractivity (Wildman–Crippen MR) is 115 cm³/mol. The van der Waals surface area contributed by atoms with Crippen molar-refractivity contribution < 1.29 is 4.79 Å². The molecular formula is C20H23Cl2N3OS. The van der Waals surface area contributed by atoms with Gasteiger partial charge in [0, 0.05) is 47.5 Å². The Morgan fingerprint density at radius 1 is 1.15 bits per heavy atom. The van der Waals surface area contributed by atoms with E-state index in [2.05, 4.69) is 9.89 Å². The molecule has 1 aromatic carbocycles. The van der Waals surface area contributed by atoms with Gasteiger partial charge in [0.05, 0.1) is 0 Å². The third-order valence-electron chi connectivity index (χ3n) is 5.46. The molecule has 0 spiro atoms. The quantitative estimate of drug-likeness (QED) is 0.638. The number of likely N-dealkylation sites (N-methyl/N-ethyl adjacent to an activating group) is 1. The van der Waals surface area contributed by atoms with E-state index < -0.39 is 0 Å². The predicted octanol–water partition coefficient (Wildman–Crippen LogP) is 5.56. The summed E-state index contributed by atoms with van der Waals surface area (Å²) in [6, 6.07) is 5.23. The lowest BCUT2D eigenvalue weighted by Gasteiger charge is -2.32. The Labute approximate surface area is 174 Å². The maximum absolute atomic E-state index is 13.4. The standard InChI is InChI=1S/C20H23Cl2N3OS/c1-24(16-11-14(21)10-15(22)12-16)19(26)18-17(13-6-3-2-4-7-13)25-9-5-8-23-20(25)27-18/h10-13H,2-9H2,1H3. The van der Waals surface area contributed by atoms with Gasteiger partial charge in [-0.1, -0.05) is 42.5 Å². The molecule has 4 rings (SSSR count). The number of nitrogens with zero attached hydrogens (tertiary/aromatic N) is 3. The van der Waals surface area contributed by atoms with Crippen LogP contribution in [0.2, 0.25) is 10.0 Å². The minimum atomic E-state index is -0.00370. The fourth-order valence-corrected chi connectivity index (χ4v) is 5.86. The molecule has 4 nitrogen and oxygen atoms in total. The SMILES string of the molecule is CN(C(=O)C1=C(C2CCCCC2)N2CCCN=C2S1)c1cc(Cl)cc(Cl)c1. The first-order valence-corrected chi connectivity index (χ1v) is 11.1. The van der Waals surface area contributed by atoms with Gasteiger partial charge < -0.3 is 9.80 Å². The summed E-state index contributed by atoms with van der Waals surface area (Å²) in [5.74, 6) is 0.448. The number of hydrogen-bond acceptors (Lipinski definition) is 4. The molecule has 0 saturated heterocycles. The number of benzene rings is 1. The van der Waals surface area contributed by atoms with Gasteiger partial charge in [-0.15, -0.1) is 0 Å². The average Bonchev–Trinajstić information content (AvgIpc) is 3.06. The third-order valence-corrected chi connectivity index (χ3v) is 7.02. The molecule has 0 unspecified atom stereocenters. The van der Waals surface area contributed by atoms with Crippen LogP contribution in [0.25, 0.3) is 0 Å². The molecule has 7 heteroatoms. The molecule has 1 fully saturated rings. The van der Waals surface area contributed by atoms with Crippen LogP contribution >= 0.6 is 35.0 Å². The molecule has 3 aliphatic rings. The van der Waals surface area contributed by atoms with Gasteiger partial charge in [0.2, 0.25) is 0 Å². The summed E-state index contributed by atoms with van der Waals surface area (Å²) in [5.41, 5.74) is 1.91. The Kier molecular flexibility index (Phi) is 5.72. The highest BCUT2D eigenvalue weighted by molar-refractivity contribution is 8.18. The van der Waals surface area contributed by atoms with Gasteiger partial charge in [0.25, 0.3) is 5.91 Å². The molecule has 1 saturated carbocycles. The van der Waals surface area contributed by atoms with E-state index in [9.17, 15) is 4.79 Å². The lowest BCUT2D eigenvalue weighted by molar-refractivity contribution is -0.114. The number of carbonyl (C=O) groups excluding carboxylic acids is 1. The molecule has 0 bridgehead atoms. The summed E-state index contributed by atoms with van der Waals surface area (Å²) in [5, 5.41) is 2.04. The number of allylic oxidation sites excluding steroid dienone is 1. The molecule has 2 aliphatic heterocycles. The first-order valence-electron chi connectivity index (χ1n) is 9.53. The molecule has 27 heavy (non-hydrogen) atoms. The van der Waals surface area contributed by atoms with E-state index in [0.717, 1.165) is 42.4 Å². The van der Waals surface area contributed by atoms with E-state index in [1.807, 2.05) is 0 Å². The molecule has 1 aromatic rings. The molecule has 2 heterocycles. The zero-order valence-electron chi connectivity index (χ0n) is 15.4. The lowest BCUT2D eigenvalue weighted by Crippen LogP contribution is -2.34. The van der Waals surface area contributed by atoms with Gasteiger partial charge in [-0.2, -0.15) is 0 Å². The van der Waals surface area contributed by atoms with Gasteiger partial charge in [-0.25, -0.2) is 0 Å². The van der Waals surface area contributed by atoms with E-state index in [0.29, 0.717) is 21.7 Å². The number of hydrogen-bond donors (Lipinski definition) is 0. The summed E-state index contributed by atoms with van der Waals surface area (Å²) < 4.78 is 0. The van der Waals surface area contributed by atoms with E-state index in [1.165, 1.54) is 36.7 Å². The second-order valence-corrected chi connectivity index (χ2v) is 9.16. The van der Waals surface area contributed by atoms with Crippen LogP contribution in [0.4, 0.5) is 5.69 Å². The van der Waals surface area contributed by atoms with Crippen LogP contribution in [-0.2, 0) is 4.79 Å². The monoisotopic (exact) mass is 423 g/mol. The maximum atomic E-state index is 13.4. The van der Waals surface area contributed by atoms with Crippen LogP contribution in [0.1, 0.15) is 38.5 Å². The third kappa shape index (κ3) is 3.87. The summed E-state index contributed by atoms with van der Waals surface area (Å²) in [6.07, 6.45) is 7.12. The Bertz CT molecular complexity index is 797. The number of rotatable bonds is 3. The van der Waals surface area contributed by atoms with Gasteiger partial charge in [0.1, 0.15) is 4.91 Å². The van der Waals surface area contributed by atoms with Gasteiger partial charge in [-0.3, -0.25) is 9.79 Å². The minimum Gasteiger partial charge on any atom is -0.323 e. The van der Waals surface area contributed by atoms with Gasteiger partial charge in [0.15, 0.2) is 5.17 Å². The number of aliphatic imine (C=N–C) groups is 1. The van der Waals surface area contributed by atoms with Gasteiger partial charge in [-0.05, 0) is 49.2 Å². The largest absolute Gasteiger partial charge is 0.323 e. The van der Waals surface area contributed by atoms with E-state index in [1.54, 1.807) is 30.1 Å². The number of carbonyl (C=O) groups is 1. The normalized spacial score (nSPS) is 20.6. The Balaban J connectivity index is 1.70. The number of fused-ring (bicyclic) bond motifs is 1. The van der Waals surface area contributed by atoms with Crippen molar-refractivity contribution in [3.05, 3.63) is 38.8 Å². The fraction of sp³-hybridized carbons (Fsp3) is 0.500. The van der Waals surface area contributed by atoms with Crippen LogP contribution in [0.5, 0.6) is 0 Å². The molecule has 1 aliphatic carbocycles. The molecular weight excluding hydrogens is 401 g/mol. The van der Waals surface area contributed by atoms with Crippen molar-refractivity contribution in [2.45, 2.75) is 38.5 Å². The maximum Gasteiger partial charge on any atom is 0.266 e. The number of amides is 1. The second kappa shape index (κ2) is 8.06. The van der Waals surface area contributed by atoms with E-state index >= 15 is 0 Å². The van der Waals surface area contributed by atoms with Crippen LogP contribution in [-0.4, -0.2) is 36.1 Å². The Morgan fingerprint density at radius 2 is 1.85 bits per heavy atom. The fourth-order valence-electron chi connectivity index (χ4n) is 4.10. The molecule has 0 atom stereocenters. The Hall–Kier alpha value is -1.17. The van der Waals surface area contributed by atoms with Crippen molar-refractivity contribution in [1.29, 1.82) is 0 Å². The van der Waals surface area contributed by atoms with Crippen molar-refractivity contribution in [3.8, 4) is 0 Å². The van der Waals surface area contributed by atoms with Gasteiger partial charge >= 0.3 is 0 Å².